The van der Waals surface area contributed by atoms with Crippen LogP contribution in [-0.4, -0.2) is 62.9 Å². The molecule has 0 heterocycles. The highest BCUT2D eigenvalue weighted by Crippen LogP contribution is 2.42. The lowest BCUT2D eigenvalue weighted by Gasteiger charge is -2.36. The number of amides is 3. The van der Waals surface area contributed by atoms with Crippen molar-refractivity contribution in [2.75, 3.05) is 6.61 Å². The van der Waals surface area contributed by atoms with Crippen LogP contribution in [0.4, 0.5) is 4.79 Å². The van der Waals surface area contributed by atoms with E-state index >= 15 is 0 Å². The highest BCUT2D eigenvalue weighted by Gasteiger charge is 2.49. The summed E-state index contributed by atoms with van der Waals surface area (Å²) in [7, 11) is 0. The second kappa shape index (κ2) is 9.99. The number of benzene rings is 1. The van der Waals surface area contributed by atoms with Crippen molar-refractivity contribution in [3.8, 4) is 5.75 Å². The number of aliphatic hydroxyl groups excluding tert-OH is 1. The topological polar surface area (TPSA) is 128 Å². The molecule has 9 heteroatoms. The van der Waals surface area contributed by atoms with Gasteiger partial charge in [0.25, 0.3) is 0 Å². The Morgan fingerprint density at radius 1 is 1.15 bits per heavy atom. The van der Waals surface area contributed by atoms with Crippen LogP contribution in [0.15, 0.2) is 24.3 Å². The summed E-state index contributed by atoms with van der Waals surface area (Å²) in [6.45, 7) is 11.8. The molecule has 0 radical (unpaired) electrons. The number of hydrogen-bond acceptors (Lipinski definition) is 6. The number of carbonyl (C=O) groups excluding carboxylic acids is 3. The predicted octanol–water partition coefficient (Wildman–Crippen LogP) is 2.47. The molecule has 4 unspecified atom stereocenters. The minimum absolute atomic E-state index is 0.116. The molecule has 1 aromatic carbocycles. The summed E-state index contributed by atoms with van der Waals surface area (Å²) in [5.41, 5.74) is -1.11. The Labute approximate surface area is 195 Å². The molecule has 0 saturated heterocycles. The van der Waals surface area contributed by atoms with Crippen LogP contribution in [0.3, 0.4) is 0 Å². The van der Waals surface area contributed by atoms with Gasteiger partial charge in [-0.3, -0.25) is 9.59 Å². The van der Waals surface area contributed by atoms with E-state index in [1.54, 1.807) is 39.0 Å². The van der Waals surface area contributed by atoms with Gasteiger partial charge in [0.1, 0.15) is 23.4 Å². The summed E-state index contributed by atoms with van der Waals surface area (Å²) in [5, 5.41) is 25.8. The first-order chi connectivity index (χ1) is 15.1. The molecule has 3 amide bonds. The summed E-state index contributed by atoms with van der Waals surface area (Å²) in [4.78, 5) is 40.7. The Hall–Kier alpha value is -2.81. The number of nitrogens with zero attached hydrogens (tertiary/aromatic N) is 1. The van der Waals surface area contributed by atoms with Gasteiger partial charge in [0.05, 0.1) is 6.61 Å². The van der Waals surface area contributed by atoms with Gasteiger partial charge in [-0.2, -0.15) is 0 Å². The number of aliphatic hydroxyl groups is 1. The first-order valence-corrected chi connectivity index (χ1v) is 11.2. The maximum absolute atomic E-state index is 13.6. The maximum Gasteiger partial charge on any atom is 0.408 e. The summed E-state index contributed by atoms with van der Waals surface area (Å²) in [6, 6.07) is 3.59. The first-order valence-electron chi connectivity index (χ1n) is 11.2. The fourth-order valence-corrected chi connectivity index (χ4v) is 3.56. The third-order valence-electron chi connectivity index (χ3n) is 5.11. The average Bonchev–Trinajstić information content (AvgIpc) is 3.37. The molecule has 4 N–H and O–H groups in total. The van der Waals surface area contributed by atoms with E-state index in [4.69, 9.17) is 4.74 Å². The largest absolute Gasteiger partial charge is 0.508 e. The van der Waals surface area contributed by atoms with Crippen LogP contribution in [0, 0.1) is 5.92 Å². The van der Waals surface area contributed by atoms with Gasteiger partial charge < -0.3 is 30.5 Å². The number of carbonyl (C=O) groups is 3. The molecule has 1 fully saturated rings. The van der Waals surface area contributed by atoms with Crippen molar-refractivity contribution in [1.29, 1.82) is 0 Å². The number of phenols is 1. The van der Waals surface area contributed by atoms with Gasteiger partial charge >= 0.3 is 6.09 Å². The Balaban J connectivity index is 2.46. The minimum Gasteiger partial charge on any atom is -0.508 e. The van der Waals surface area contributed by atoms with Gasteiger partial charge in [-0.15, -0.1) is 0 Å². The molecule has 1 aliphatic rings. The lowest BCUT2D eigenvalue weighted by Crippen LogP contribution is -2.56. The van der Waals surface area contributed by atoms with E-state index in [0.29, 0.717) is 6.42 Å². The normalized spacial score (nSPS) is 19.8. The minimum atomic E-state index is -1.32. The molecular formula is C24H37N3O6. The molecule has 1 aliphatic carbocycles. The standard InChI is InChI=1S/C24H37N3O6/c1-14-12-17(14)27(21(31)16(13-28)25-22(32)33-24(5,6)7)19(20(30)26-23(2,3)4)15-10-8-9-11-18(15)29/h8-11,14,16-17,19,28-29H,12-13H2,1-7H3,(H,25,32)(H,26,30). The summed E-state index contributed by atoms with van der Waals surface area (Å²) >= 11 is 0. The second-order valence-corrected chi connectivity index (χ2v) is 10.6. The zero-order valence-corrected chi connectivity index (χ0v) is 20.5. The van der Waals surface area contributed by atoms with Gasteiger partial charge in [-0.05, 0) is 59.9 Å². The highest BCUT2D eigenvalue weighted by molar-refractivity contribution is 5.93. The van der Waals surface area contributed by atoms with Crippen molar-refractivity contribution in [1.82, 2.24) is 15.5 Å². The SMILES string of the molecule is CC1CC1N(C(=O)C(CO)NC(=O)OC(C)(C)C)C(C(=O)NC(C)(C)C)c1ccccc1O. The molecule has 1 saturated carbocycles. The monoisotopic (exact) mass is 463 g/mol. The first kappa shape index (κ1) is 26.4. The van der Waals surface area contributed by atoms with Crippen LogP contribution >= 0.6 is 0 Å². The van der Waals surface area contributed by atoms with Crippen LogP contribution < -0.4 is 10.6 Å². The van der Waals surface area contributed by atoms with Crippen LogP contribution in [0.1, 0.15) is 66.5 Å². The van der Waals surface area contributed by atoms with Crippen LogP contribution in [0.5, 0.6) is 5.75 Å². The number of phenolic OH excluding ortho intramolecular Hbond substituents is 1. The molecule has 0 aliphatic heterocycles. The van der Waals surface area contributed by atoms with E-state index in [9.17, 15) is 24.6 Å². The zero-order valence-electron chi connectivity index (χ0n) is 20.5. The molecule has 184 valence electrons. The smallest absolute Gasteiger partial charge is 0.408 e. The molecule has 0 spiro atoms. The van der Waals surface area contributed by atoms with E-state index in [1.165, 1.54) is 11.0 Å². The van der Waals surface area contributed by atoms with Crippen molar-refractivity contribution < 1.29 is 29.3 Å². The summed E-state index contributed by atoms with van der Waals surface area (Å²) in [6.07, 6.45) is -0.194. The van der Waals surface area contributed by atoms with E-state index in [0.717, 1.165) is 0 Å². The van der Waals surface area contributed by atoms with Crippen molar-refractivity contribution in [2.45, 2.75) is 84.2 Å². The Kier molecular flexibility index (Phi) is 8.00. The van der Waals surface area contributed by atoms with Gasteiger partial charge in [-0.25, -0.2) is 4.79 Å². The fraction of sp³-hybridized carbons (Fsp3) is 0.625. The van der Waals surface area contributed by atoms with Crippen LogP contribution in [0.25, 0.3) is 0 Å². The predicted molar refractivity (Wildman–Crippen MR) is 123 cm³/mol. The third-order valence-corrected chi connectivity index (χ3v) is 5.11. The van der Waals surface area contributed by atoms with Crippen molar-refractivity contribution >= 4 is 17.9 Å². The van der Waals surface area contributed by atoms with Crippen molar-refractivity contribution in [3.63, 3.8) is 0 Å². The van der Waals surface area contributed by atoms with Crippen molar-refractivity contribution in [3.05, 3.63) is 29.8 Å². The molecule has 33 heavy (non-hydrogen) atoms. The second-order valence-electron chi connectivity index (χ2n) is 10.6. The number of aromatic hydroxyl groups is 1. The summed E-state index contributed by atoms with van der Waals surface area (Å²) in [5.74, 6) is -1.11. The van der Waals surface area contributed by atoms with Gasteiger partial charge in [0.2, 0.25) is 11.8 Å². The zero-order chi connectivity index (χ0) is 25.1. The van der Waals surface area contributed by atoms with Crippen LogP contribution in [-0.2, 0) is 14.3 Å². The number of para-hydroxylation sites is 1. The third kappa shape index (κ3) is 7.35. The number of alkyl carbamates (subject to hydrolysis) is 1. The molecule has 4 atom stereocenters. The average molecular weight is 464 g/mol. The van der Waals surface area contributed by atoms with Gasteiger partial charge in [0, 0.05) is 17.1 Å². The summed E-state index contributed by atoms with van der Waals surface area (Å²) < 4.78 is 5.22. The Morgan fingerprint density at radius 3 is 2.18 bits per heavy atom. The molecule has 1 aromatic rings. The number of hydrogen-bond donors (Lipinski definition) is 4. The number of rotatable bonds is 7. The van der Waals surface area contributed by atoms with Crippen molar-refractivity contribution in [2.24, 2.45) is 5.92 Å². The molecule has 0 aromatic heterocycles. The van der Waals surface area contributed by atoms with Gasteiger partial charge in [-0.1, -0.05) is 25.1 Å². The van der Waals surface area contributed by atoms with E-state index < -0.39 is 47.7 Å². The van der Waals surface area contributed by atoms with E-state index in [2.05, 4.69) is 10.6 Å². The Morgan fingerprint density at radius 2 is 1.73 bits per heavy atom. The van der Waals surface area contributed by atoms with Gasteiger partial charge in [0.15, 0.2) is 0 Å². The highest BCUT2D eigenvalue weighted by atomic mass is 16.6. The van der Waals surface area contributed by atoms with E-state index in [-0.39, 0.29) is 23.3 Å². The molecule has 0 bridgehead atoms. The fourth-order valence-electron chi connectivity index (χ4n) is 3.56. The maximum atomic E-state index is 13.6. The number of nitrogens with one attached hydrogen (secondary N) is 2. The van der Waals surface area contributed by atoms with E-state index in [1.807, 2.05) is 27.7 Å². The molecule has 2 rings (SSSR count). The lowest BCUT2D eigenvalue weighted by atomic mass is 9.99. The molecular weight excluding hydrogens is 426 g/mol. The number of ether oxygens (including phenoxy) is 1. The quantitative estimate of drug-likeness (QED) is 0.492. The van der Waals surface area contributed by atoms with Crippen LogP contribution in [0.2, 0.25) is 0 Å². The molecule has 9 nitrogen and oxygen atoms in total. The lowest BCUT2D eigenvalue weighted by molar-refractivity contribution is -0.144. The Bertz CT molecular complexity index is 874.